The van der Waals surface area contributed by atoms with Gasteiger partial charge in [0.1, 0.15) is 0 Å². The largest absolute Gasteiger partial charge is 0.224 e. The zero-order valence-corrected chi connectivity index (χ0v) is 5.37. The van der Waals surface area contributed by atoms with Crippen LogP contribution in [0.5, 0.6) is 0 Å². The third kappa shape index (κ3) is 0.777. The quantitative estimate of drug-likeness (QED) is 0.486. The van der Waals surface area contributed by atoms with E-state index in [-0.39, 0.29) is 0 Å². The summed E-state index contributed by atoms with van der Waals surface area (Å²) in [5.41, 5.74) is 0. The van der Waals surface area contributed by atoms with Crippen LogP contribution in [0, 0.1) is 0 Å². The van der Waals surface area contributed by atoms with Crippen LogP contribution in [-0.4, -0.2) is 14.2 Å². The molecule has 0 aromatic heterocycles. The summed E-state index contributed by atoms with van der Waals surface area (Å²) in [6.07, 6.45) is 1.43. The molecule has 0 aromatic rings. The Bertz CT molecular complexity index is 200. The lowest BCUT2D eigenvalue weighted by atomic mass is 10.3. The van der Waals surface area contributed by atoms with Crippen molar-refractivity contribution in [2.24, 2.45) is 0 Å². The van der Waals surface area contributed by atoms with E-state index in [1.54, 1.807) is 0 Å². The van der Waals surface area contributed by atoms with Gasteiger partial charge in [-0.15, -0.1) is 0 Å². The number of hydrogen-bond acceptors (Lipinski definition) is 2. The smallest absolute Gasteiger partial charge is 0.173 e. The van der Waals surface area contributed by atoms with Crippen LogP contribution in [0.3, 0.4) is 0 Å². The highest BCUT2D eigenvalue weighted by atomic mass is 32.2. The molecule has 1 fully saturated rings. The molecule has 0 aliphatic carbocycles. The van der Waals surface area contributed by atoms with Gasteiger partial charge in [0.25, 0.3) is 0 Å². The van der Waals surface area contributed by atoms with Gasteiger partial charge in [0, 0.05) is 4.91 Å². The van der Waals surface area contributed by atoms with Crippen LogP contribution in [0.25, 0.3) is 0 Å². The van der Waals surface area contributed by atoms with E-state index in [2.05, 4.69) is 6.58 Å². The Morgan fingerprint density at radius 2 is 2.12 bits per heavy atom. The standard InChI is InChI=1S/C5H8O2S/c1-5-3-2-4-8(5,6)7/h1-4H2. The molecular formula is C5H8O2S. The third-order valence-electron chi connectivity index (χ3n) is 1.31. The molecule has 0 bridgehead atoms. The van der Waals surface area contributed by atoms with Gasteiger partial charge in [-0.2, -0.15) is 0 Å². The predicted octanol–water partition coefficient (Wildman–Crippen LogP) is 0.709. The number of sulfone groups is 1. The first-order valence-corrected chi connectivity index (χ1v) is 4.19. The molecule has 0 radical (unpaired) electrons. The summed E-state index contributed by atoms with van der Waals surface area (Å²) in [6, 6.07) is 0. The lowest BCUT2D eigenvalue weighted by Crippen LogP contribution is -1.96. The molecule has 0 unspecified atom stereocenters. The average molecular weight is 132 g/mol. The van der Waals surface area contributed by atoms with Crippen molar-refractivity contribution >= 4 is 9.84 Å². The predicted molar refractivity (Wildman–Crippen MR) is 32.2 cm³/mol. The van der Waals surface area contributed by atoms with E-state index in [1.807, 2.05) is 0 Å². The Labute approximate surface area is 49.1 Å². The van der Waals surface area contributed by atoms with E-state index >= 15 is 0 Å². The monoisotopic (exact) mass is 132 g/mol. The molecular weight excluding hydrogens is 124 g/mol. The van der Waals surface area contributed by atoms with Gasteiger partial charge < -0.3 is 0 Å². The Balaban J connectivity index is 3.02. The van der Waals surface area contributed by atoms with Gasteiger partial charge in [-0.05, 0) is 12.8 Å². The van der Waals surface area contributed by atoms with Gasteiger partial charge in [0.05, 0.1) is 5.75 Å². The molecule has 0 atom stereocenters. The van der Waals surface area contributed by atoms with E-state index in [0.29, 0.717) is 17.1 Å². The number of rotatable bonds is 0. The van der Waals surface area contributed by atoms with Gasteiger partial charge in [-0.1, -0.05) is 6.58 Å². The topological polar surface area (TPSA) is 34.1 Å². The van der Waals surface area contributed by atoms with Crippen LogP contribution in [-0.2, 0) is 9.84 Å². The Hall–Kier alpha value is -0.310. The first kappa shape index (κ1) is 5.82. The molecule has 0 spiro atoms. The first-order valence-electron chi connectivity index (χ1n) is 2.53. The fourth-order valence-corrected chi connectivity index (χ4v) is 2.03. The summed E-state index contributed by atoms with van der Waals surface area (Å²) in [7, 11) is -2.82. The molecule has 0 amide bonds. The van der Waals surface area contributed by atoms with Crippen molar-refractivity contribution in [3.05, 3.63) is 11.5 Å². The minimum atomic E-state index is -2.82. The van der Waals surface area contributed by atoms with E-state index in [9.17, 15) is 8.42 Å². The van der Waals surface area contributed by atoms with Crippen LogP contribution in [0.1, 0.15) is 12.8 Å². The average Bonchev–Trinajstić information content (AvgIpc) is 1.86. The summed E-state index contributed by atoms with van der Waals surface area (Å²) in [5, 5.41) is 0. The highest BCUT2D eigenvalue weighted by Crippen LogP contribution is 2.20. The van der Waals surface area contributed by atoms with E-state index < -0.39 is 9.84 Å². The Morgan fingerprint density at radius 1 is 1.50 bits per heavy atom. The summed E-state index contributed by atoms with van der Waals surface area (Å²) < 4.78 is 21.3. The van der Waals surface area contributed by atoms with Crippen LogP contribution in [0.2, 0.25) is 0 Å². The second kappa shape index (κ2) is 1.58. The molecule has 8 heavy (non-hydrogen) atoms. The second-order valence-electron chi connectivity index (χ2n) is 1.96. The SMILES string of the molecule is C=C1CCCS1(=O)=O. The summed E-state index contributed by atoms with van der Waals surface area (Å²) in [6.45, 7) is 3.42. The normalized spacial score (nSPS) is 26.2. The maximum atomic E-state index is 10.7. The van der Waals surface area contributed by atoms with Crippen molar-refractivity contribution in [3.63, 3.8) is 0 Å². The van der Waals surface area contributed by atoms with Crippen molar-refractivity contribution in [2.75, 3.05) is 5.75 Å². The highest BCUT2D eigenvalue weighted by Gasteiger charge is 2.21. The van der Waals surface area contributed by atoms with E-state index in [1.165, 1.54) is 0 Å². The van der Waals surface area contributed by atoms with E-state index in [4.69, 9.17) is 0 Å². The molecule has 46 valence electrons. The lowest BCUT2D eigenvalue weighted by molar-refractivity contribution is 0.606. The van der Waals surface area contributed by atoms with Gasteiger partial charge in [0.15, 0.2) is 9.84 Å². The number of allylic oxidation sites excluding steroid dienone is 1. The summed E-state index contributed by atoms with van der Waals surface area (Å²) in [4.78, 5) is 0.414. The fraction of sp³-hybridized carbons (Fsp3) is 0.600. The minimum absolute atomic E-state index is 0.311. The number of hydrogen-bond donors (Lipinski definition) is 0. The van der Waals surface area contributed by atoms with Crippen molar-refractivity contribution < 1.29 is 8.42 Å². The zero-order valence-electron chi connectivity index (χ0n) is 4.55. The van der Waals surface area contributed by atoms with E-state index in [0.717, 1.165) is 6.42 Å². The third-order valence-corrected chi connectivity index (χ3v) is 3.22. The molecule has 0 saturated carbocycles. The highest BCUT2D eigenvalue weighted by molar-refractivity contribution is 7.95. The Kier molecular flexibility index (Phi) is 1.15. The van der Waals surface area contributed by atoms with Crippen LogP contribution in [0.15, 0.2) is 11.5 Å². The molecule has 3 heteroatoms. The van der Waals surface area contributed by atoms with Crippen molar-refractivity contribution in [1.29, 1.82) is 0 Å². The van der Waals surface area contributed by atoms with Crippen LogP contribution in [0.4, 0.5) is 0 Å². The van der Waals surface area contributed by atoms with Crippen LogP contribution >= 0.6 is 0 Å². The molecule has 0 N–H and O–H groups in total. The van der Waals surface area contributed by atoms with Crippen molar-refractivity contribution in [1.82, 2.24) is 0 Å². The molecule has 1 aliphatic rings. The van der Waals surface area contributed by atoms with Crippen molar-refractivity contribution in [2.45, 2.75) is 12.8 Å². The van der Waals surface area contributed by atoms with Crippen LogP contribution < -0.4 is 0 Å². The van der Waals surface area contributed by atoms with Gasteiger partial charge in [-0.3, -0.25) is 0 Å². The molecule has 1 rings (SSSR count). The molecule has 1 saturated heterocycles. The Morgan fingerprint density at radius 3 is 2.25 bits per heavy atom. The summed E-state index contributed by atoms with van der Waals surface area (Å²) in [5.74, 6) is 0.311. The summed E-state index contributed by atoms with van der Waals surface area (Å²) >= 11 is 0. The lowest BCUT2D eigenvalue weighted by Gasteiger charge is -1.87. The van der Waals surface area contributed by atoms with Gasteiger partial charge >= 0.3 is 0 Å². The maximum Gasteiger partial charge on any atom is 0.173 e. The van der Waals surface area contributed by atoms with Gasteiger partial charge in [0.2, 0.25) is 0 Å². The second-order valence-corrected chi connectivity index (χ2v) is 4.18. The maximum absolute atomic E-state index is 10.7. The molecule has 1 heterocycles. The zero-order chi connectivity index (χ0) is 6.20. The minimum Gasteiger partial charge on any atom is -0.224 e. The molecule has 1 aliphatic heterocycles. The fourth-order valence-electron chi connectivity index (χ4n) is 0.759. The first-order chi connectivity index (χ1) is 3.63. The van der Waals surface area contributed by atoms with Gasteiger partial charge in [-0.25, -0.2) is 8.42 Å². The molecule has 0 aromatic carbocycles. The van der Waals surface area contributed by atoms with Crippen molar-refractivity contribution in [3.8, 4) is 0 Å². The molecule has 2 nitrogen and oxygen atoms in total.